The summed E-state index contributed by atoms with van der Waals surface area (Å²) in [5, 5.41) is 4.67. The van der Waals surface area contributed by atoms with E-state index in [1.807, 2.05) is 18.2 Å². The summed E-state index contributed by atoms with van der Waals surface area (Å²) in [6.45, 7) is 0. The van der Waals surface area contributed by atoms with Gasteiger partial charge in [-0.15, -0.1) is 11.3 Å². The number of sulfonamides is 1. The fraction of sp³-hybridized carbons (Fsp3) is 0.278. The number of ether oxygens (including phenoxy) is 2. The Morgan fingerprint density at radius 1 is 1.19 bits per heavy atom. The Balaban J connectivity index is 1.75. The van der Waals surface area contributed by atoms with Gasteiger partial charge in [0, 0.05) is 11.3 Å². The number of rotatable bonds is 8. The highest BCUT2D eigenvalue weighted by molar-refractivity contribution is 8.01. The second-order valence-electron chi connectivity index (χ2n) is 5.77. The maximum absolute atomic E-state index is 12.1. The third kappa shape index (κ3) is 4.73. The number of primary sulfonamides is 1. The molecular formula is C18H20N2O4S3. The maximum Gasteiger partial charge on any atom is 0.216 e. The molecule has 0 saturated heterocycles. The van der Waals surface area contributed by atoms with Gasteiger partial charge in [-0.1, -0.05) is 30.0 Å². The molecule has 3 rings (SSSR count). The summed E-state index contributed by atoms with van der Waals surface area (Å²) in [7, 11) is -0.620. The van der Waals surface area contributed by atoms with Gasteiger partial charge in [0.05, 0.1) is 24.4 Å². The number of hydrogen-bond donors (Lipinski definition) is 1. The minimum absolute atomic E-state index is 0.364. The molecule has 2 N–H and O–H groups in total. The lowest BCUT2D eigenvalue weighted by molar-refractivity contribution is 0.408. The number of thiazole rings is 1. The average Bonchev–Trinajstić information content (AvgIpc) is 3.06. The number of para-hydroxylation sites is 1. The largest absolute Gasteiger partial charge is 0.497 e. The SMILES string of the molecule is COc1ccc2nc(SCCC(c3ccccc3OC)S(N)(=O)=O)sc2c1. The lowest BCUT2D eigenvalue weighted by Crippen LogP contribution is -2.22. The van der Waals surface area contributed by atoms with Gasteiger partial charge in [-0.25, -0.2) is 18.5 Å². The molecule has 27 heavy (non-hydrogen) atoms. The molecule has 1 unspecified atom stereocenters. The van der Waals surface area contributed by atoms with Gasteiger partial charge in [0.15, 0.2) is 4.34 Å². The van der Waals surface area contributed by atoms with Gasteiger partial charge < -0.3 is 9.47 Å². The molecule has 0 bridgehead atoms. The molecule has 9 heteroatoms. The van der Waals surface area contributed by atoms with Crippen LogP contribution in [-0.2, 0) is 10.0 Å². The highest BCUT2D eigenvalue weighted by Gasteiger charge is 2.26. The molecule has 144 valence electrons. The zero-order chi connectivity index (χ0) is 19.4. The summed E-state index contributed by atoms with van der Waals surface area (Å²) in [5.41, 5.74) is 1.48. The molecular weight excluding hydrogens is 404 g/mol. The van der Waals surface area contributed by atoms with Crippen LogP contribution in [0.5, 0.6) is 11.5 Å². The Bertz CT molecular complexity index is 1030. The van der Waals surface area contributed by atoms with E-state index in [9.17, 15) is 8.42 Å². The van der Waals surface area contributed by atoms with Crippen molar-refractivity contribution < 1.29 is 17.9 Å². The molecule has 0 spiro atoms. The Kier molecular flexibility index (Phi) is 6.25. The second-order valence-corrected chi connectivity index (χ2v) is 9.89. The van der Waals surface area contributed by atoms with Crippen molar-refractivity contribution in [1.82, 2.24) is 4.98 Å². The van der Waals surface area contributed by atoms with Crippen LogP contribution in [0, 0.1) is 0 Å². The molecule has 6 nitrogen and oxygen atoms in total. The Labute approximate surface area is 166 Å². The number of methoxy groups -OCH3 is 2. The van der Waals surface area contributed by atoms with Crippen LogP contribution in [0.1, 0.15) is 17.2 Å². The summed E-state index contributed by atoms with van der Waals surface area (Å²) in [4.78, 5) is 4.57. The van der Waals surface area contributed by atoms with Crippen LogP contribution in [0.3, 0.4) is 0 Å². The minimum Gasteiger partial charge on any atom is -0.497 e. The Morgan fingerprint density at radius 2 is 1.96 bits per heavy atom. The maximum atomic E-state index is 12.1. The number of aromatic nitrogens is 1. The lowest BCUT2D eigenvalue weighted by Gasteiger charge is -2.17. The van der Waals surface area contributed by atoms with Crippen LogP contribution in [0.2, 0.25) is 0 Å². The van der Waals surface area contributed by atoms with Crippen LogP contribution in [-0.4, -0.2) is 33.4 Å². The van der Waals surface area contributed by atoms with Gasteiger partial charge in [-0.2, -0.15) is 0 Å². The van der Waals surface area contributed by atoms with E-state index in [2.05, 4.69) is 4.98 Å². The molecule has 1 heterocycles. The molecule has 0 radical (unpaired) electrons. The first-order valence-electron chi connectivity index (χ1n) is 8.14. The van der Waals surface area contributed by atoms with Crippen molar-refractivity contribution in [3.8, 4) is 11.5 Å². The number of thioether (sulfide) groups is 1. The van der Waals surface area contributed by atoms with Gasteiger partial charge in [-0.3, -0.25) is 0 Å². The Hall–Kier alpha value is -1.81. The van der Waals surface area contributed by atoms with E-state index in [0.717, 1.165) is 20.3 Å². The first kappa shape index (κ1) is 19.9. The molecule has 1 atom stereocenters. The van der Waals surface area contributed by atoms with Crippen molar-refractivity contribution in [3.63, 3.8) is 0 Å². The number of fused-ring (bicyclic) bond motifs is 1. The predicted octanol–water partition coefficient (Wildman–Crippen LogP) is 3.83. The molecule has 1 aromatic heterocycles. The molecule has 0 aliphatic carbocycles. The normalized spacial score (nSPS) is 12.9. The smallest absolute Gasteiger partial charge is 0.216 e. The second kappa shape index (κ2) is 8.47. The summed E-state index contributed by atoms with van der Waals surface area (Å²) in [6.07, 6.45) is 0.364. The summed E-state index contributed by atoms with van der Waals surface area (Å²) in [6, 6.07) is 12.8. The van der Waals surface area contributed by atoms with Crippen LogP contribution < -0.4 is 14.6 Å². The fourth-order valence-corrected chi connectivity index (χ4v) is 6.07. The highest BCUT2D eigenvalue weighted by Crippen LogP contribution is 2.36. The van der Waals surface area contributed by atoms with Crippen molar-refractivity contribution in [2.24, 2.45) is 5.14 Å². The van der Waals surface area contributed by atoms with Crippen molar-refractivity contribution in [1.29, 1.82) is 0 Å². The van der Waals surface area contributed by atoms with Gasteiger partial charge >= 0.3 is 0 Å². The number of nitrogens with zero attached hydrogens (tertiary/aromatic N) is 1. The topological polar surface area (TPSA) is 91.5 Å². The average molecular weight is 425 g/mol. The highest BCUT2D eigenvalue weighted by atomic mass is 32.2. The summed E-state index contributed by atoms with van der Waals surface area (Å²) >= 11 is 3.07. The third-order valence-electron chi connectivity index (χ3n) is 4.06. The molecule has 0 amide bonds. The molecule has 0 aliphatic rings. The molecule has 0 aliphatic heterocycles. The minimum atomic E-state index is -3.77. The predicted molar refractivity (Wildman–Crippen MR) is 110 cm³/mol. The zero-order valence-electron chi connectivity index (χ0n) is 14.9. The summed E-state index contributed by atoms with van der Waals surface area (Å²) in [5.74, 6) is 1.87. The number of benzene rings is 2. The molecule has 0 saturated carbocycles. The molecule has 2 aromatic carbocycles. The molecule has 0 fully saturated rings. The van der Waals surface area contributed by atoms with Gasteiger partial charge in [0.1, 0.15) is 16.7 Å². The van der Waals surface area contributed by atoms with Gasteiger partial charge in [0.25, 0.3) is 0 Å². The lowest BCUT2D eigenvalue weighted by atomic mass is 10.1. The summed E-state index contributed by atoms with van der Waals surface area (Å²) < 4.78 is 36.7. The van der Waals surface area contributed by atoms with Crippen LogP contribution >= 0.6 is 23.1 Å². The standard InChI is InChI=1S/C18H20N2O4S3/c1-23-12-7-8-14-16(11-12)26-18(20-14)25-10-9-17(27(19,21)22)13-5-3-4-6-15(13)24-2/h3-8,11,17H,9-10H2,1-2H3,(H2,19,21,22). The van der Waals surface area contributed by atoms with E-state index >= 15 is 0 Å². The van der Waals surface area contributed by atoms with E-state index in [4.69, 9.17) is 14.6 Å². The van der Waals surface area contributed by atoms with Crippen molar-refractivity contribution in [2.75, 3.05) is 20.0 Å². The van der Waals surface area contributed by atoms with Crippen LogP contribution in [0.15, 0.2) is 46.8 Å². The zero-order valence-corrected chi connectivity index (χ0v) is 17.4. The van der Waals surface area contributed by atoms with Gasteiger partial charge in [-0.05, 0) is 30.7 Å². The Morgan fingerprint density at radius 3 is 2.67 bits per heavy atom. The van der Waals surface area contributed by atoms with E-state index in [1.165, 1.54) is 18.9 Å². The van der Waals surface area contributed by atoms with E-state index < -0.39 is 15.3 Å². The fourth-order valence-electron chi connectivity index (χ4n) is 2.75. The quantitative estimate of drug-likeness (QED) is 0.553. The van der Waals surface area contributed by atoms with E-state index in [-0.39, 0.29) is 0 Å². The third-order valence-corrected chi connectivity index (χ3v) is 7.54. The van der Waals surface area contributed by atoms with Crippen molar-refractivity contribution in [3.05, 3.63) is 48.0 Å². The van der Waals surface area contributed by atoms with Crippen LogP contribution in [0.4, 0.5) is 0 Å². The first-order chi connectivity index (χ1) is 12.9. The monoisotopic (exact) mass is 424 g/mol. The number of nitrogens with two attached hydrogens (primary N) is 1. The van der Waals surface area contributed by atoms with Crippen LogP contribution in [0.25, 0.3) is 10.2 Å². The first-order valence-corrected chi connectivity index (χ1v) is 11.6. The van der Waals surface area contributed by atoms with Crippen molar-refractivity contribution >= 4 is 43.3 Å². The van der Waals surface area contributed by atoms with E-state index in [1.54, 1.807) is 42.7 Å². The van der Waals surface area contributed by atoms with Crippen molar-refractivity contribution in [2.45, 2.75) is 16.0 Å². The number of hydrogen-bond acceptors (Lipinski definition) is 7. The van der Waals surface area contributed by atoms with Gasteiger partial charge in [0.2, 0.25) is 10.0 Å². The molecule has 3 aromatic rings. The van der Waals surface area contributed by atoms with E-state index in [0.29, 0.717) is 23.5 Å².